The van der Waals surface area contributed by atoms with E-state index < -0.39 is 0 Å². The van der Waals surface area contributed by atoms with Crippen molar-refractivity contribution >= 4 is 17.5 Å². The first-order valence-electron chi connectivity index (χ1n) is 8.98. The summed E-state index contributed by atoms with van der Waals surface area (Å²) in [7, 11) is 0. The Kier molecular flexibility index (Phi) is 5.19. The molecule has 1 aromatic carbocycles. The molecule has 2 aliphatic rings. The molecule has 0 bridgehead atoms. The van der Waals surface area contributed by atoms with Gasteiger partial charge in [0.15, 0.2) is 0 Å². The van der Waals surface area contributed by atoms with Gasteiger partial charge in [0.05, 0.1) is 6.04 Å². The molecule has 2 aliphatic heterocycles. The maximum absolute atomic E-state index is 12.7. The first-order chi connectivity index (χ1) is 11.6. The topological polar surface area (TPSA) is 52.7 Å². The van der Waals surface area contributed by atoms with Crippen molar-refractivity contribution in [1.82, 2.24) is 9.80 Å². The zero-order valence-corrected chi connectivity index (χ0v) is 14.6. The van der Waals surface area contributed by atoms with Crippen molar-refractivity contribution in [2.24, 2.45) is 5.92 Å². The quantitative estimate of drug-likeness (QED) is 0.904. The summed E-state index contributed by atoms with van der Waals surface area (Å²) >= 11 is 0. The van der Waals surface area contributed by atoms with Gasteiger partial charge in [0.2, 0.25) is 11.8 Å². The highest BCUT2D eigenvalue weighted by molar-refractivity contribution is 5.96. The number of carbonyl (C=O) groups is 2. The number of amides is 2. The number of rotatable bonds is 2. The van der Waals surface area contributed by atoms with Crippen LogP contribution in [0.1, 0.15) is 32.3 Å². The fraction of sp³-hybridized carbons (Fsp3) is 0.579. The number of benzene rings is 1. The summed E-state index contributed by atoms with van der Waals surface area (Å²) in [4.78, 5) is 29.1. The molecule has 0 aliphatic carbocycles. The lowest BCUT2D eigenvalue weighted by molar-refractivity contribution is -0.134. The van der Waals surface area contributed by atoms with Gasteiger partial charge < -0.3 is 10.2 Å². The van der Waals surface area contributed by atoms with Crippen LogP contribution in [-0.4, -0.2) is 53.8 Å². The second kappa shape index (κ2) is 7.34. The van der Waals surface area contributed by atoms with Gasteiger partial charge in [-0.1, -0.05) is 32.0 Å². The molecule has 1 N–H and O–H groups in total. The van der Waals surface area contributed by atoms with E-state index in [0.29, 0.717) is 6.54 Å². The average molecular weight is 329 g/mol. The summed E-state index contributed by atoms with van der Waals surface area (Å²) in [5.74, 6) is 0.338. The highest BCUT2D eigenvalue weighted by Gasteiger charge is 2.31. The molecule has 5 heteroatoms. The maximum atomic E-state index is 12.7. The van der Waals surface area contributed by atoms with Crippen LogP contribution in [0.4, 0.5) is 5.69 Å². The third-order valence-corrected chi connectivity index (χ3v) is 5.04. The van der Waals surface area contributed by atoms with Gasteiger partial charge in [0.25, 0.3) is 0 Å². The molecule has 130 valence electrons. The van der Waals surface area contributed by atoms with E-state index in [1.54, 1.807) is 0 Å². The maximum Gasteiger partial charge on any atom is 0.241 e. The Hall–Kier alpha value is -1.88. The number of anilines is 1. The molecule has 0 aromatic heterocycles. The van der Waals surface area contributed by atoms with Crippen LogP contribution in [0.5, 0.6) is 0 Å². The Morgan fingerprint density at radius 3 is 2.75 bits per heavy atom. The number of aryl methyl sites for hydroxylation is 1. The minimum absolute atomic E-state index is 0.0345. The lowest BCUT2D eigenvalue weighted by atomic mass is 10.0. The Labute approximate surface area is 144 Å². The Bertz CT molecular complexity index is 614. The summed E-state index contributed by atoms with van der Waals surface area (Å²) in [5, 5.41) is 3.08. The van der Waals surface area contributed by atoms with Gasteiger partial charge >= 0.3 is 0 Å². The number of nitrogens with zero attached hydrogens (tertiary/aromatic N) is 2. The molecule has 1 aromatic rings. The summed E-state index contributed by atoms with van der Waals surface area (Å²) in [6.07, 6.45) is 2.67. The normalized spacial score (nSPS) is 22.5. The van der Waals surface area contributed by atoms with E-state index in [2.05, 4.69) is 16.3 Å². The van der Waals surface area contributed by atoms with Crippen LogP contribution in [0.3, 0.4) is 0 Å². The second-order valence-electron chi connectivity index (χ2n) is 7.07. The molecule has 1 fully saturated rings. The number of fused-ring (bicyclic) bond motifs is 1. The molecule has 24 heavy (non-hydrogen) atoms. The van der Waals surface area contributed by atoms with Gasteiger partial charge in [-0.2, -0.15) is 0 Å². The molecule has 5 nitrogen and oxygen atoms in total. The number of hydrogen-bond donors (Lipinski definition) is 1. The molecule has 3 rings (SSSR count). The Morgan fingerprint density at radius 2 is 1.96 bits per heavy atom. The average Bonchev–Trinajstić information content (AvgIpc) is 2.90. The minimum Gasteiger partial charge on any atom is -0.341 e. The van der Waals surface area contributed by atoms with Gasteiger partial charge in [-0.3, -0.25) is 14.5 Å². The van der Waals surface area contributed by atoms with Crippen LogP contribution in [0.25, 0.3) is 0 Å². The smallest absolute Gasteiger partial charge is 0.241 e. The summed E-state index contributed by atoms with van der Waals surface area (Å²) in [6, 6.07) is 7.93. The Balaban J connectivity index is 1.67. The second-order valence-corrected chi connectivity index (χ2v) is 7.07. The van der Waals surface area contributed by atoms with Crippen molar-refractivity contribution in [3.05, 3.63) is 29.8 Å². The summed E-state index contributed by atoms with van der Waals surface area (Å²) in [6.45, 7) is 7.04. The molecule has 1 atom stereocenters. The molecular weight excluding hydrogens is 302 g/mol. The standard InChI is InChI=1S/C19H27N3O2/c1-14(2)19(24)22-11-5-10-21(12-13-22)17-9-8-15-6-3-4-7-16(15)20-18(17)23/h3-4,6-7,14,17H,5,8-13H2,1-2H3,(H,20,23)/t17-/m0/s1. The largest absolute Gasteiger partial charge is 0.341 e. The van der Waals surface area contributed by atoms with E-state index in [1.807, 2.05) is 36.9 Å². The first kappa shape index (κ1) is 17.0. The van der Waals surface area contributed by atoms with E-state index in [-0.39, 0.29) is 23.8 Å². The third kappa shape index (κ3) is 3.61. The van der Waals surface area contributed by atoms with Crippen LogP contribution in [0.15, 0.2) is 24.3 Å². The van der Waals surface area contributed by atoms with Gasteiger partial charge in [-0.05, 0) is 30.9 Å². The van der Waals surface area contributed by atoms with Gasteiger partial charge in [-0.15, -0.1) is 0 Å². The van der Waals surface area contributed by atoms with Gasteiger partial charge in [-0.25, -0.2) is 0 Å². The minimum atomic E-state index is -0.105. The summed E-state index contributed by atoms with van der Waals surface area (Å²) in [5.41, 5.74) is 2.15. The number of nitrogens with one attached hydrogen (secondary N) is 1. The van der Waals surface area contributed by atoms with Gasteiger partial charge in [0.1, 0.15) is 0 Å². The van der Waals surface area contributed by atoms with Crippen molar-refractivity contribution in [2.45, 2.75) is 39.2 Å². The zero-order valence-electron chi connectivity index (χ0n) is 14.6. The van der Waals surface area contributed by atoms with Crippen molar-refractivity contribution in [2.75, 3.05) is 31.5 Å². The molecule has 0 saturated carbocycles. The van der Waals surface area contributed by atoms with Crippen LogP contribution in [0, 0.1) is 5.92 Å². The van der Waals surface area contributed by atoms with Crippen LogP contribution in [0.2, 0.25) is 0 Å². The van der Waals surface area contributed by atoms with Crippen LogP contribution in [-0.2, 0) is 16.0 Å². The molecule has 2 amide bonds. The fourth-order valence-electron chi connectivity index (χ4n) is 3.68. The van der Waals surface area contributed by atoms with E-state index in [0.717, 1.165) is 44.6 Å². The van der Waals surface area contributed by atoms with E-state index in [9.17, 15) is 9.59 Å². The van der Waals surface area contributed by atoms with Crippen molar-refractivity contribution in [1.29, 1.82) is 0 Å². The highest BCUT2D eigenvalue weighted by Crippen LogP contribution is 2.24. The lowest BCUT2D eigenvalue weighted by Gasteiger charge is -2.28. The van der Waals surface area contributed by atoms with E-state index in [4.69, 9.17) is 0 Å². The molecular formula is C19H27N3O2. The van der Waals surface area contributed by atoms with Crippen LogP contribution < -0.4 is 5.32 Å². The zero-order chi connectivity index (χ0) is 17.1. The van der Waals surface area contributed by atoms with Crippen LogP contribution >= 0.6 is 0 Å². The van der Waals surface area contributed by atoms with Crippen molar-refractivity contribution < 1.29 is 9.59 Å². The monoisotopic (exact) mass is 329 g/mol. The molecule has 1 saturated heterocycles. The molecule has 0 radical (unpaired) electrons. The van der Waals surface area contributed by atoms with Crippen molar-refractivity contribution in [3.8, 4) is 0 Å². The van der Waals surface area contributed by atoms with Gasteiger partial charge in [0, 0.05) is 37.8 Å². The molecule has 2 heterocycles. The predicted molar refractivity (Wildman–Crippen MR) is 94.8 cm³/mol. The Morgan fingerprint density at radius 1 is 1.17 bits per heavy atom. The van der Waals surface area contributed by atoms with E-state index in [1.165, 1.54) is 5.56 Å². The number of carbonyl (C=O) groups excluding carboxylic acids is 2. The van der Waals surface area contributed by atoms with Crippen molar-refractivity contribution in [3.63, 3.8) is 0 Å². The number of para-hydroxylation sites is 1. The molecule has 0 spiro atoms. The highest BCUT2D eigenvalue weighted by atomic mass is 16.2. The lowest BCUT2D eigenvalue weighted by Crippen LogP contribution is -2.45. The third-order valence-electron chi connectivity index (χ3n) is 5.04. The fourth-order valence-corrected chi connectivity index (χ4v) is 3.68. The molecule has 0 unspecified atom stereocenters. The summed E-state index contributed by atoms with van der Waals surface area (Å²) < 4.78 is 0. The SMILES string of the molecule is CC(C)C(=O)N1CCCN([C@H]2CCc3ccccc3NC2=O)CC1. The van der Waals surface area contributed by atoms with E-state index >= 15 is 0 Å². The number of hydrogen-bond acceptors (Lipinski definition) is 3. The predicted octanol–water partition coefficient (Wildman–Crippen LogP) is 2.13. The first-order valence-corrected chi connectivity index (χ1v) is 8.98.